The summed E-state index contributed by atoms with van der Waals surface area (Å²) >= 11 is 11.7. The maximum atomic E-state index is 13.5. The Morgan fingerprint density at radius 2 is 1.65 bits per heavy atom. The fourth-order valence-corrected chi connectivity index (χ4v) is 2.00. The van der Waals surface area contributed by atoms with Crippen molar-refractivity contribution in [3.05, 3.63) is 45.7 Å². The van der Waals surface area contributed by atoms with Gasteiger partial charge in [-0.1, -0.05) is 23.2 Å². The molecule has 0 saturated heterocycles. The van der Waals surface area contributed by atoms with Crippen molar-refractivity contribution in [1.82, 2.24) is 4.98 Å². The number of hydrogen-bond acceptors (Lipinski definition) is 3. The highest BCUT2D eigenvalue weighted by atomic mass is 35.5. The summed E-state index contributed by atoms with van der Waals surface area (Å²) in [6.45, 7) is 0. The van der Waals surface area contributed by atoms with Crippen molar-refractivity contribution < 1.29 is 13.2 Å². The molecule has 1 heterocycles. The lowest BCUT2D eigenvalue weighted by molar-refractivity contribution is 0.498. The molecule has 3 nitrogen and oxygen atoms in total. The Labute approximate surface area is 122 Å². The molecule has 0 atom stereocenters. The van der Waals surface area contributed by atoms with Gasteiger partial charge in [-0.25, -0.2) is 18.2 Å². The number of anilines is 3. The van der Waals surface area contributed by atoms with Gasteiger partial charge in [0.1, 0.15) is 11.6 Å². The summed E-state index contributed by atoms with van der Waals surface area (Å²) < 4.78 is 39.7. The first-order valence-corrected chi connectivity index (χ1v) is 6.13. The van der Waals surface area contributed by atoms with Gasteiger partial charge in [-0.3, -0.25) is 0 Å². The van der Waals surface area contributed by atoms with E-state index < -0.39 is 23.1 Å². The average Bonchev–Trinajstić information content (AvgIpc) is 2.38. The van der Waals surface area contributed by atoms with Gasteiger partial charge in [-0.15, -0.1) is 0 Å². The topological polar surface area (TPSA) is 37.0 Å². The van der Waals surface area contributed by atoms with Crippen molar-refractivity contribution in [2.75, 3.05) is 17.7 Å². The zero-order valence-electron chi connectivity index (χ0n) is 10.1. The quantitative estimate of drug-likeness (QED) is 0.812. The normalized spacial score (nSPS) is 10.5. The van der Waals surface area contributed by atoms with Crippen LogP contribution in [-0.4, -0.2) is 12.0 Å². The van der Waals surface area contributed by atoms with Crippen LogP contribution in [0.3, 0.4) is 0 Å². The molecule has 0 amide bonds. The number of nitrogens with zero attached hydrogens (tertiary/aromatic N) is 1. The van der Waals surface area contributed by atoms with Crippen LogP contribution < -0.4 is 10.6 Å². The summed E-state index contributed by atoms with van der Waals surface area (Å²) in [5.74, 6) is -3.16. The third-order valence-electron chi connectivity index (χ3n) is 2.41. The minimum absolute atomic E-state index is 0.0179. The molecule has 1 aromatic heterocycles. The van der Waals surface area contributed by atoms with Crippen molar-refractivity contribution in [1.29, 1.82) is 0 Å². The molecule has 0 aliphatic heterocycles. The van der Waals surface area contributed by atoms with E-state index in [4.69, 9.17) is 23.2 Å². The molecule has 0 fully saturated rings. The molecule has 0 radical (unpaired) electrons. The molecule has 106 valence electrons. The third-order valence-corrected chi connectivity index (χ3v) is 2.99. The van der Waals surface area contributed by atoms with E-state index in [0.717, 1.165) is 6.07 Å². The molecule has 2 N–H and O–H groups in total. The summed E-state index contributed by atoms with van der Waals surface area (Å²) in [7, 11) is 1.58. The molecule has 0 unspecified atom stereocenters. The van der Waals surface area contributed by atoms with Gasteiger partial charge in [0.05, 0.1) is 15.7 Å². The number of aromatic nitrogens is 1. The van der Waals surface area contributed by atoms with E-state index in [1.54, 1.807) is 7.05 Å². The minimum atomic E-state index is -1.31. The molecule has 2 aromatic rings. The predicted octanol–water partition coefficient (Wildman–Crippen LogP) is 4.59. The molecule has 0 aliphatic carbocycles. The lowest BCUT2D eigenvalue weighted by atomic mass is 10.2. The number of pyridine rings is 1. The Morgan fingerprint density at radius 1 is 1.00 bits per heavy atom. The smallest absolute Gasteiger partial charge is 0.182 e. The van der Waals surface area contributed by atoms with Crippen molar-refractivity contribution in [2.24, 2.45) is 0 Å². The summed E-state index contributed by atoms with van der Waals surface area (Å²) in [6.07, 6.45) is 0. The van der Waals surface area contributed by atoms with Crippen molar-refractivity contribution >= 4 is 40.5 Å². The van der Waals surface area contributed by atoms with Crippen molar-refractivity contribution in [3.8, 4) is 0 Å². The highest BCUT2D eigenvalue weighted by Gasteiger charge is 2.14. The molecule has 2 rings (SSSR count). The lowest BCUT2D eigenvalue weighted by Gasteiger charge is -2.11. The third kappa shape index (κ3) is 2.91. The van der Waals surface area contributed by atoms with Gasteiger partial charge in [0.25, 0.3) is 0 Å². The Balaban J connectivity index is 2.45. The monoisotopic (exact) mass is 321 g/mol. The van der Waals surface area contributed by atoms with Gasteiger partial charge in [0.15, 0.2) is 17.5 Å². The van der Waals surface area contributed by atoms with E-state index in [-0.39, 0.29) is 21.7 Å². The minimum Gasteiger partial charge on any atom is -0.372 e. The van der Waals surface area contributed by atoms with E-state index >= 15 is 0 Å². The Kier molecular flexibility index (Phi) is 4.25. The summed E-state index contributed by atoms with van der Waals surface area (Å²) in [4.78, 5) is 3.99. The highest BCUT2D eigenvalue weighted by Crippen LogP contribution is 2.32. The Hall–Kier alpha value is -1.66. The van der Waals surface area contributed by atoms with Gasteiger partial charge in [-0.2, -0.15) is 0 Å². The van der Waals surface area contributed by atoms with Gasteiger partial charge < -0.3 is 10.6 Å². The second kappa shape index (κ2) is 5.76. The molecule has 8 heteroatoms. The number of nitrogens with one attached hydrogen (secondary N) is 2. The first-order valence-electron chi connectivity index (χ1n) is 5.37. The van der Waals surface area contributed by atoms with Crippen LogP contribution in [0.25, 0.3) is 0 Å². The predicted molar refractivity (Wildman–Crippen MR) is 73.4 cm³/mol. The van der Waals surface area contributed by atoms with Crippen molar-refractivity contribution in [2.45, 2.75) is 0 Å². The Bertz CT molecular complexity index is 665. The van der Waals surface area contributed by atoms with Crippen LogP contribution in [0, 0.1) is 17.5 Å². The molecule has 0 bridgehead atoms. The van der Waals surface area contributed by atoms with Gasteiger partial charge in [0, 0.05) is 19.2 Å². The number of benzene rings is 1. The maximum absolute atomic E-state index is 13.5. The molecule has 0 aliphatic rings. The number of rotatable bonds is 3. The van der Waals surface area contributed by atoms with Crippen LogP contribution in [0.1, 0.15) is 0 Å². The van der Waals surface area contributed by atoms with Gasteiger partial charge in [-0.05, 0) is 6.07 Å². The standard InChI is InChI=1S/C12H8Cl2F3N3/c1-18-11-6(13)4-7(14)12(20-11)19-9-3-5(15)2-8(16)10(9)17/h2-4H,1H3,(H2,18,19,20). The largest absolute Gasteiger partial charge is 0.372 e. The van der Waals surface area contributed by atoms with Gasteiger partial charge >= 0.3 is 0 Å². The van der Waals surface area contributed by atoms with E-state index in [1.165, 1.54) is 6.07 Å². The second-order valence-electron chi connectivity index (χ2n) is 3.77. The molecular formula is C12H8Cl2F3N3. The zero-order valence-corrected chi connectivity index (χ0v) is 11.6. The first-order chi connectivity index (χ1) is 9.42. The van der Waals surface area contributed by atoms with Crippen LogP contribution in [0.4, 0.5) is 30.5 Å². The SMILES string of the molecule is CNc1nc(Nc2cc(F)cc(F)c2F)c(Cl)cc1Cl. The Morgan fingerprint density at radius 3 is 2.30 bits per heavy atom. The fourth-order valence-electron chi connectivity index (χ4n) is 1.50. The zero-order chi connectivity index (χ0) is 14.9. The van der Waals surface area contributed by atoms with Crippen LogP contribution in [0.2, 0.25) is 10.0 Å². The van der Waals surface area contributed by atoms with Crippen LogP contribution in [-0.2, 0) is 0 Å². The molecule has 0 saturated carbocycles. The number of halogens is 5. The van der Waals surface area contributed by atoms with Crippen LogP contribution in [0.15, 0.2) is 18.2 Å². The van der Waals surface area contributed by atoms with Gasteiger partial charge in [0.2, 0.25) is 0 Å². The van der Waals surface area contributed by atoms with E-state index in [0.29, 0.717) is 6.07 Å². The average molecular weight is 322 g/mol. The van der Waals surface area contributed by atoms with Crippen LogP contribution >= 0.6 is 23.2 Å². The van der Waals surface area contributed by atoms with Crippen molar-refractivity contribution in [3.63, 3.8) is 0 Å². The molecule has 1 aromatic carbocycles. The summed E-state index contributed by atoms with van der Waals surface area (Å²) in [6, 6.07) is 2.61. The highest BCUT2D eigenvalue weighted by molar-refractivity contribution is 6.37. The second-order valence-corrected chi connectivity index (χ2v) is 4.59. The van der Waals surface area contributed by atoms with E-state index in [1.807, 2.05) is 0 Å². The van der Waals surface area contributed by atoms with E-state index in [2.05, 4.69) is 15.6 Å². The van der Waals surface area contributed by atoms with E-state index in [9.17, 15) is 13.2 Å². The molecule has 20 heavy (non-hydrogen) atoms. The fraction of sp³-hybridized carbons (Fsp3) is 0.0833. The maximum Gasteiger partial charge on any atom is 0.182 e. The summed E-state index contributed by atoms with van der Waals surface area (Å²) in [5.41, 5.74) is -0.415. The molecular weight excluding hydrogens is 314 g/mol. The lowest BCUT2D eigenvalue weighted by Crippen LogP contribution is -2.02. The molecule has 0 spiro atoms. The number of hydrogen-bond donors (Lipinski definition) is 2. The van der Waals surface area contributed by atoms with Crippen LogP contribution in [0.5, 0.6) is 0 Å². The summed E-state index contributed by atoms with van der Waals surface area (Å²) in [5, 5.41) is 5.47. The first kappa shape index (κ1) is 14.7.